The average Bonchev–Trinajstić information content (AvgIpc) is 3.05. The Labute approximate surface area is 302 Å². The number of allylic oxidation sites excluding steroid dienone is 4. The molecule has 0 saturated carbocycles. The molecule has 0 aliphatic heterocycles. The lowest BCUT2D eigenvalue weighted by molar-refractivity contribution is 0.664. The van der Waals surface area contributed by atoms with E-state index < -0.39 is 0 Å². The second kappa shape index (κ2) is 16.6. The van der Waals surface area contributed by atoms with Gasteiger partial charge < -0.3 is 0 Å². The van der Waals surface area contributed by atoms with Crippen LogP contribution in [0.5, 0.6) is 0 Å². The number of rotatable bonds is 14. The normalized spacial score (nSPS) is 16.2. The van der Waals surface area contributed by atoms with E-state index in [1.54, 1.807) is 0 Å². The SMILES string of the molecule is CCCCCCc1cc(-c2ccc(-c3ccc(Br)cc3C)cc2)c(CCCCCC)cc1-c1ccc(C2=C(C)CC(C)(Br)C=C2)cc1. The highest BCUT2D eigenvalue weighted by atomic mass is 79.9. The summed E-state index contributed by atoms with van der Waals surface area (Å²) in [6, 6.07) is 30.4. The maximum absolute atomic E-state index is 3.87. The van der Waals surface area contributed by atoms with Gasteiger partial charge in [-0.2, -0.15) is 0 Å². The molecule has 0 radical (unpaired) electrons. The average molecular weight is 753 g/mol. The Morgan fingerprint density at radius 3 is 1.55 bits per heavy atom. The van der Waals surface area contributed by atoms with Crippen molar-refractivity contribution in [1.29, 1.82) is 0 Å². The molecule has 0 amide bonds. The Balaban J connectivity index is 1.54. The van der Waals surface area contributed by atoms with Crippen molar-refractivity contribution in [1.82, 2.24) is 0 Å². The van der Waals surface area contributed by atoms with Crippen LogP contribution in [0.2, 0.25) is 0 Å². The molecule has 1 atom stereocenters. The lowest BCUT2D eigenvalue weighted by Gasteiger charge is -2.25. The summed E-state index contributed by atoms with van der Waals surface area (Å²) in [7, 11) is 0. The minimum atomic E-state index is 0.0562. The van der Waals surface area contributed by atoms with Crippen molar-refractivity contribution in [2.24, 2.45) is 0 Å². The Morgan fingerprint density at radius 1 is 0.596 bits per heavy atom. The molecule has 0 fully saturated rings. The molecule has 2 heteroatoms. The molecular weight excluding hydrogens is 700 g/mol. The van der Waals surface area contributed by atoms with E-state index in [1.165, 1.54) is 118 Å². The third-order valence-corrected chi connectivity index (χ3v) is 10.8. The lowest BCUT2D eigenvalue weighted by Crippen LogP contribution is -2.15. The van der Waals surface area contributed by atoms with Gasteiger partial charge in [0.25, 0.3) is 0 Å². The van der Waals surface area contributed by atoms with Crippen molar-refractivity contribution in [2.75, 3.05) is 0 Å². The Morgan fingerprint density at radius 2 is 1.09 bits per heavy atom. The minimum Gasteiger partial charge on any atom is -0.0807 e. The highest BCUT2D eigenvalue weighted by Gasteiger charge is 2.23. The molecule has 4 aromatic carbocycles. The van der Waals surface area contributed by atoms with E-state index in [1.807, 2.05) is 0 Å². The van der Waals surface area contributed by atoms with Crippen LogP contribution in [0.25, 0.3) is 39.0 Å². The van der Waals surface area contributed by atoms with E-state index in [-0.39, 0.29) is 4.32 Å². The largest absolute Gasteiger partial charge is 0.0807 e. The fourth-order valence-corrected chi connectivity index (χ4v) is 8.18. The number of halogens is 2. The van der Waals surface area contributed by atoms with Crippen LogP contribution in [0.15, 0.2) is 101 Å². The zero-order valence-corrected chi connectivity index (χ0v) is 32.4. The third-order valence-electron chi connectivity index (χ3n) is 9.80. The second-order valence-corrected chi connectivity index (χ2v) is 16.6. The van der Waals surface area contributed by atoms with Crippen LogP contribution in [-0.2, 0) is 12.8 Å². The van der Waals surface area contributed by atoms with Gasteiger partial charge in [0.15, 0.2) is 0 Å². The minimum absolute atomic E-state index is 0.0562. The fourth-order valence-electron chi connectivity index (χ4n) is 7.15. The van der Waals surface area contributed by atoms with Crippen molar-refractivity contribution >= 4 is 37.4 Å². The van der Waals surface area contributed by atoms with Crippen molar-refractivity contribution in [3.63, 3.8) is 0 Å². The summed E-state index contributed by atoms with van der Waals surface area (Å²) in [5, 5.41) is 0. The van der Waals surface area contributed by atoms with Gasteiger partial charge in [0.1, 0.15) is 0 Å². The predicted molar refractivity (Wildman–Crippen MR) is 215 cm³/mol. The van der Waals surface area contributed by atoms with E-state index in [0.29, 0.717) is 0 Å². The smallest absolute Gasteiger partial charge is 0.0449 e. The molecule has 0 N–H and O–H groups in total. The molecule has 1 unspecified atom stereocenters. The van der Waals surface area contributed by atoms with Gasteiger partial charge in [0.2, 0.25) is 0 Å². The van der Waals surface area contributed by atoms with Crippen molar-refractivity contribution in [3.05, 3.63) is 123 Å². The molecule has 4 aromatic rings. The summed E-state index contributed by atoms with van der Waals surface area (Å²) in [5.74, 6) is 0. The number of benzene rings is 4. The standard InChI is InChI=1S/C45H52Br2/c1-6-8-10-12-14-38-30-44(37-22-18-35(19-23-37)42-26-27-45(5,47)31-33(42)4)39(15-13-11-9-7-2)29-43(38)36-20-16-34(17-21-36)41-25-24-40(46)28-32(41)3/h16-30H,6-15,31H2,1-5H3. The zero-order chi connectivity index (χ0) is 33.4. The van der Waals surface area contributed by atoms with E-state index >= 15 is 0 Å². The van der Waals surface area contributed by atoms with E-state index in [2.05, 4.69) is 157 Å². The van der Waals surface area contributed by atoms with Gasteiger partial charge in [-0.05, 0) is 126 Å². The molecule has 0 spiro atoms. The van der Waals surface area contributed by atoms with Gasteiger partial charge in [-0.25, -0.2) is 0 Å². The van der Waals surface area contributed by atoms with E-state index in [4.69, 9.17) is 0 Å². The highest BCUT2D eigenvalue weighted by Crippen LogP contribution is 2.39. The maximum atomic E-state index is 3.87. The molecule has 0 bridgehead atoms. The molecule has 0 nitrogen and oxygen atoms in total. The lowest BCUT2D eigenvalue weighted by atomic mass is 9.85. The van der Waals surface area contributed by atoms with Gasteiger partial charge in [-0.1, -0.05) is 169 Å². The quantitative estimate of drug-likeness (QED) is 0.0889. The number of unbranched alkanes of at least 4 members (excludes halogenated alkanes) is 6. The highest BCUT2D eigenvalue weighted by molar-refractivity contribution is 9.10. The summed E-state index contributed by atoms with van der Waals surface area (Å²) in [5.41, 5.74) is 16.4. The summed E-state index contributed by atoms with van der Waals surface area (Å²) in [4.78, 5) is 0. The number of aryl methyl sites for hydroxylation is 3. The van der Waals surface area contributed by atoms with E-state index in [0.717, 1.165) is 23.7 Å². The van der Waals surface area contributed by atoms with Crippen LogP contribution in [0.3, 0.4) is 0 Å². The van der Waals surface area contributed by atoms with Crippen molar-refractivity contribution in [3.8, 4) is 33.4 Å². The summed E-state index contributed by atoms with van der Waals surface area (Å²) >= 11 is 7.49. The van der Waals surface area contributed by atoms with Gasteiger partial charge in [0, 0.05) is 8.80 Å². The van der Waals surface area contributed by atoms with Crippen LogP contribution in [-0.4, -0.2) is 4.32 Å². The number of hydrogen-bond acceptors (Lipinski definition) is 0. The van der Waals surface area contributed by atoms with Crippen LogP contribution in [0, 0.1) is 6.92 Å². The maximum Gasteiger partial charge on any atom is 0.0449 e. The summed E-state index contributed by atoms with van der Waals surface area (Å²) in [6.07, 6.45) is 18.0. The fraction of sp³-hybridized carbons (Fsp3) is 0.378. The first-order valence-electron chi connectivity index (χ1n) is 17.9. The Bertz CT molecular complexity index is 1700. The number of alkyl halides is 1. The van der Waals surface area contributed by atoms with Gasteiger partial charge in [-0.15, -0.1) is 0 Å². The van der Waals surface area contributed by atoms with Crippen molar-refractivity contribution < 1.29 is 0 Å². The molecule has 0 heterocycles. The van der Waals surface area contributed by atoms with Gasteiger partial charge >= 0.3 is 0 Å². The van der Waals surface area contributed by atoms with Crippen LogP contribution < -0.4 is 0 Å². The second-order valence-electron chi connectivity index (χ2n) is 13.9. The zero-order valence-electron chi connectivity index (χ0n) is 29.2. The monoisotopic (exact) mass is 750 g/mol. The van der Waals surface area contributed by atoms with Gasteiger partial charge in [-0.3, -0.25) is 0 Å². The molecule has 246 valence electrons. The van der Waals surface area contributed by atoms with Crippen LogP contribution in [0.4, 0.5) is 0 Å². The molecule has 5 rings (SSSR count). The summed E-state index contributed by atoms with van der Waals surface area (Å²) in [6.45, 7) is 11.3. The molecule has 47 heavy (non-hydrogen) atoms. The predicted octanol–water partition coefficient (Wildman–Crippen LogP) is 14.9. The first kappa shape index (κ1) is 35.6. The summed E-state index contributed by atoms with van der Waals surface area (Å²) < 4.78 is 1.19. The molecular formula is C45H52Br2. The topological polar surface area (TPSA) is 0 Å². The van der Waals surface area contributed by atoms with Gasteiger partial charge in [0.05, 0.1) is 0 Å². The molecule has 1 aliphatic carbocycles. The molecule has 1 aliphatic rings. The molecule has 0 aromatic heterocycles. The van der Waals surface area contributed by atoms with Crippen LogP contribution >= 0.6 is 31.9 Å². The van der Waals surface area contributed by atoms with Crippen molar-refractivity contribution in [2.45, 2.75) is 110 Å². The Hall–Kier alpha value is -2.68. The first-order valence-corrected chi connectivity index (χ1v) is 19.5. The molecule has 0 saturated heterocycles. The van der Waals surface area contributed by atoms with Crippen LogP contribution in [0.1, 0.15) is 108 Å². The Kier molecular flexibility index (Phi) is 12.6. The number of hydrogen-bond donors (Lipinski definition) is 0. The van der Waals surface area contributed by atoms with E-state index in [9.17, 15) is 0 Å². The first-order chi connectivity index (χ1) is 22.7. The third kappa shape index (κ3) is 9.27.